The van der Waals surface area contributed by atoms with Gasteiger partial charge in [0.2, 0.25) is 11.8 Å². The molecule has 1 heterocycles. The van der Waals surface area contributed by atoms with Crippen molar-refractivity contribution in [2.24, 2.45) is 9.98 Å². The van der Waals surface area contributed by atoms with Crippen LogP contribution >= 0.6 is 0 Å². The zero-order valence-corrected chi connectivity index (χ0v) is 17.8. The molecule has 1 N–H and O–H groups in total. The summed E-state index contributed by atoms with van der Waals surface area (Å²) in [6.07, 6.45) is 1.68. The quantitative estimate of drug-likeness (QED) is 0.805. The van der Waals surface area contributed by atoms with Gasteiger partial charge in [0.25, 0.3) is 0 Å². The van der Waals surface area contributed by atoms with Crippen LogP contribution < -0.4 is 10.1 Å². The molecule has 0 fully saturated rings. The fourth-order valence-electron chi connectivity index (χ4n) is 3.98. The van der Waals surface area contributed by atoms with Gasteiger partial charge >= 0.3 is 0 Å². The molecule has 0 spiro atoms. The summed E-state index contributed by atoms with van der Waals surface area (Å²) in [6.45, 7) is 5.52. The van der Waals surface area contributed by atoms with Crippen LogP contribution in [0.3, 0.4) is 0 Å². The van der Waals surface area contributed by atoms with Gasteiger partial charge in [0.15, 0.2) is 12.6 Å². The monoisotopic (exact) mass is 416 g/mol. The first-order chi connectivity index (χ1) is 15.0. The predicted octanol–water partition coefficient (Wildman–Crippen LogP) is 3.65. The number of amidine groups is 1. The lowest BCUT2D eigenvalue weighted by Gasteiger charge is -2.17. The number of fused-ring (bicyclic) bond motifs is 1. The molecule has 2 aliphatic rings. The Kier molecular flexibility index (Phi) is 5.72. The van der Waals surface area contributed by atoms with Crippen LogP contribution in [0.1, 0.15) is 61.1 Å². The maximum Gasteiger partial charge on any atom is 0.224 e. The number of hydrogen-bond donors (Lipinski definition) is 1. The first kappa shape index (κ1) is 20.6. The van der Waals surface area contributed by atoms with E-state index in [9.17, 15) is 10.1 Å². The summed E-state index contributed by atoms with van der Waals surface area (Å²) < 4.78 is 11.4. The Morgan fingerprint density at radius 3 is 2.90 bits per heavy atom. The van der Waals surface area contributed by atoms with Crippen molar-refractivity contribution in [1.82, 2.24) is 5.32 Å². The highest BCUT2D eigenvalue weighted by Gasteiger charge is 2.27. The molecule has 7 nitrogen and oxygen atoms in total. The number of aliphatic imine (C=N–C) groups is 2. The summed E-state index contributed by atoms with van der Waals surface area (Å²) in [6, 6.07) is 13.5. The van der Waals surface area contributed by atoms with E-state index < -0.39 is 0 Å². The summed E-state index contributed by atoms with van der Waals surface area (Å²) in [5, 5.41) is 12.5. The molecule has 0 radical (unpaired) electrons. The minimum atomic E-state index is -0.0369. The molecule has 0 saturated carbocycles. The molecule has 1 atom stereocenters. The Balaban J connectivity index is 1.66. The van der Waals surface area contributed by atoms with Gasteiger partial charge in [0.1, 0.15) is 11.8 Å². The van der Waals surface area contributed by atoms with E-state index in [0.29, 0.717) is 28.6 Å². The van der Waals surface area contributed by atoms with E-state index in [2.05, 4.69) is 21.4 Å². The first-order valence-electron chi connectivity index (χ1n) is 10.3. The van der Waals surface area contributed by atoms with Gasteiger partial charge in [-0.3, -0.25) is 4.79 Å². The van der Waals surface area contributed by atoms with Crippen LogP contribution in [-0.2, 0) is 16.0 Å². The molecule has 1 amide bonds. The number of amides is 1. The molecular formula is C24H24N4O3. The van der Waals surface area contributed by atoms with Gasteiger partial charge in [-0.2, -0.15) is 10.3 Å². The van der Waals surface area contributed by atoms with Gasteiger partial charge in [0, 0.05) is 18.1 Å². The van der Waals surface area contributed by atoms with E-state index >= 15 is 0 Å². The second kappa shape index (κ2) is 8.60. The van der Waals surface area contributed by atoms with Crippen LogP contribution in [-0.4, -0.2) is 30.5 Å². The summed E-state index contributed by atoms with van der Waals surface area (Å²) in [5.41, 5.74) is 4.35. The standard InChI is InChI=1S/C24H24N4O3/c1-14(2)31-22-10-7-16(11-17(22)12-25)24-28-23(26-13-30-24)20-6-4-5-19-18(20)8-9-21(19)27-15(3)29/h4-7,10-11,14,21H,8-9,13H2,1-3H3,(H,27,29)/t21-/m0/s1. The van der Waals surface area contributed by atoms with Crippen LogP contribution in [0.4, 0.5) is 0 Å². The molecule has 0 unspecified atom stereocenters. The fourth-order valence-corrected chi connectivity index (χ4v) is 3.98. The third kappa shape index (κ3) is 4.29. The molecule has 31 heavy (non-hydrogen) atoms. The highest BCUT2D eigenvalue weighted by atomic mass is 16.5. The van der Waals surface area contributed by atoms with Gasteiger partial charge in [-0.25, -0.2) is 4.99 Å². The lowest BCUT2D eigenvalue weighted by atomic mass is 10.0. The molecule has 0 saturated heterocycles. The van der Waals surface area contributed by atoms with Crippen LogP contribution in [0.2, 0.25) is 0 Å². The van der Waals surface area contributed by atoms with Gasteiger partial charge in [-0.15, -0.1) is 0 Å². The zero-order valence-electron chi connectivity index (χ0n) is 17.8. The van der Waals surface area contributed by atoms with E-state index in [1.54, 1.807) is 12.1 Å². The third-order valence-electron chi connectivity index (χ3n) is 5.22. The molecule has 158 valence electrons. The van der Waals surface area contributed by atoms with Crippen LogP contribution in [0, 0.1) is 11.3 Å². The van der Waals surface area contributed by atoms with Crippen LogP contribution in [0.15, 0.2) is 46.4 Å². The SMILES string of the molecule is CC(=O)N[C@H]1CCc2c(C3=NCOC(c4ccc(OC(C)C)c(C#N)c4)=N3)cccc21. The van der Waals surface area contributed by atoms with Crippen LogP contribution in [0.25, 0.3) is 0 Å². The number of carbonyl (C=O) groups is 1. The molecule has 0 bridgehead atoms. The van der Waals surface area contributed by atoms with Crippen molar-refractivity contribution in [2.45, 2.75) is 45.8 Å². The number of nitriles is 1. The average Bonchev–Trinajstić information content (AvgIpc) is 3.16. The lowest BCUT2D eigenvalue weighted by molar-refractivity contribution is -0.119. The summed E-state index contributed by atoms with van der Waals surface area (Å²) >= 11 is 0. The van der Waals surface area contributed by atoms with Gasteiger partial charge in [-0.05, 0) is 56.0 Å². The van der Waals surface area contributed by atoms with Gasteiger partial charge < -0.3 is 14.8 Å². The lowest BCUT2D eigenvalue weighted by Crippen LogP contribution is -2.24. The molecule has 2 aromatic rings. The molecule has 1 aliphatic heterocycles. The Bertz CT molecular complexity index is 1130. The first-order valence-corrected chi connectivity index (χ1v) is 10.3. The minimum absolute atomic E-state index is 0.0167. The Morgan fingerprint density at radius 1 is 1.32 bits per heavy atom. The number of hydrogen-bond acceptors (Lipinski definition) is 6. The summed E-state index contributed by atoms with van der Waals surface area (Å²) in [4.78, 5) is 20.7. The third-order valence-corrected chi connectivity index (χ3v) is 5.22. The molecular weight excluding hydrogens is 392 g/mol. The summed E-state index contributed by atoms with van der Waals surface area (Å²) in [7, 11) is 0. The maximum absolute atomic E-state index is 11.5. The van der Waals surface area contributed by atoms with Crippen molar-refractivity contribution < 1.29 is 14.3 Å². The summed E-state index contributed by atoms with van der Waals surface area (Å²) in [5.74, 6) is 1.52. The van der Waals surface area contributed by atoms with Gasteiger partial charge in [-0.1, -0.05) is 18.2 Å². The minimum Gasteiger partial charge on any atom is -0.490 e. The number of rotatable bonds is 5. The topological polar surface area (TPSA) is 96.1 Å². The molecule has 1 aliphatic carbocycles. The highest BCUT2D eigenvalue weighted by Crippen LogP contribution is 2.34. The van der Waals surface area contributed by atoms with Crippen molar-refractivity contribution in [1.29, 1.82) is 5.26 Å². The van der Waals surface area contributed by atoms with E-state index in [-0.39, 0.29) is 24.8 Å². The predicted molar refractivity (Wildman–Crippen MR) is 117 cm³/mol. The van der Waals surface area contributed by atoms with E-state index in [1.807, 2.05) is 38.1 Å². The van der Waals surface area contributed by atoms with E-state index in [1.165, 1.54) is 6.92 Å². The molecule has 2 aromatic carbocycles. The second-order valence-electron chi connectivity index (χ2n) is 7.83. The normalized spacial score (nSPS) is 17.2. The Morgan fingerprint density at radius 2 is 2.16 bits per heavy atom. The van der Waals surface area contributed by atoms with Crippen molar-refractivity contribution >= 4 is 17.6 Å². The largest absolute Gasteiger partial charge is 0.490 e. The number of carbonyl (C=O) groups excluding carboxylic acids is 1. The van der Waals surface area contributed by atoms with Crippen molar-refractivity contribution in [3.05, 3.63) is 64.2 Å². The van der Waals surface area contributed by atoms with Crippen LogP contribution in [0.5, 0.6) is 5.75 Å². The number of ether oxygens (including phenoxy) is 2. The van der Waals surface area contributed by atoms with Crippen molar-refractivity contribution in [3.8, 4) is 11.8 Å². The molecule has 0 aromatic heterocycles. The van der Waals surface area contributed by atoms with Crippen molar-refractivity contribution in [3.63, 3.8) is 0 Å². The molecule has 4 rings (SSSR count). The maximum atomic E-state index is 11.5. The smallest absolute Gasteiger partial charge is 0.224 e. The fraction of sp³-hybridized carbons (Fsp3) is 0.333. The average molecular weight is 416 g/mol. The van der Waals surface area contributed by atoms with E-state index in [4.69, 9.17) is 9.47 Å². The highest BCUT2D eigenvalue weighted by molar-refractivity contribution is 6.11. The number of benzene rings is 2. The van der Waals surface area contributed by atoms with Crippen molar-refractivity contribution in [2.75, 3.05) is 6.73 Å². The van der Waals surface area contributed by atoms with E-state index in [0.717, 1.165) is 29.5 Å². The zero-order chi connectivity index (χ0) is 22.0. The number of nitrogens with one attached hydrogen (secondary N) is 1. The second-order valence-corrected chi connectivity index (χ2v) is 7.83. The number of nitrogens with zero attached hydrogens (tertiary/aromatic N) is 3. The Labute approximate surface area is 181 Å². The Hall–Kier alpha value is -3.66. The van der Waals surface area contributed by atoms with Gasteiger partial charge in [0.05, 0.1) is 17.7 Å². The molecule has 7 heteroatoms.